The molecule has 0 bridgehead atoms. The minimum absolute atomic E-state index is 0.0702. The lowest BCUT2D eigenvalue weighted by molar-refractivity contribution is 0.275. The number of nitrogens with one attached hydrogen (secondary N) is 1. The molecular formula is C12H20N2O2S2. The Labute approximate surface area is 112 Å². The number of hydrogen-bond acceptors (Lipinski definition) is 5. The zero-order valence-corrected chi connectivity index (χ0v) is 12.1. The van der Waals surface area contributed by atoms with E-state index in [9.17, 15) is 8.42 Å². The fourth-order valence-electron chi connectivity index (χ4n) is 2.83. The summed E-state index contributed by atoms with van der Waals surface area (Å²) < 4.78 is 23.4. The quantitative estimate of drug-likeness (QED) is 0.655. The second-order valence-corrected chi connectivity index (χ2v) is 8.18. The number of rotatable bonds is 4. The lowest BCUT2D eigenvalue weighted by Gasteiger charge is -2.33. The Morgan fingerprint density at radius 1 is 1.50 bits per heavy atom. The Balaban J connectivity index is 2.12. The average Bonchev–Trinajstić information content (AvgIpc) is 2.83. The third-order valence-corrected chi connectivity index (χ3v) is 6.17. The van der Waals surface area contributed by atoms with Gasteiger partial charge in [-0.25, -0.2) is 8.42 Å². The Morgan fingerprint density at radius 3 is 2.83 bits per heavy atom. The molecule has 2 rings (SSSR count). The number of sulfone groups is 1. The Hall–Kier alpha value is -0.430. The van der Waals surface area contributed by atoms with E-state index in [4.69, 9.17) is 5.84 Å². The molecule has 0 radical (unpaired) electrons. The number of nitrogens with two attached hydrogens (primary N) is 1. The summed E-state index contributed by atoms with van der Waals surface area (Å²) in [5.74, 6) is 5.96. The lowest BCUT2D eigenvalue weighted by atomic mass is 9.82. The maximum atomic E-state index is 11.7. The van der Waals surface area contributed by atoms with Crippen molar-refractivity contribution in [1.82, 2.24) is 5.43 Å². The molecule has 102 valence electrons. The SMILES string of the molecule is CS(=O)(=O)C1CCCC(C(NN)c2ccsc2)C1. The van der Waals surface area contributed by atoms with E-state index in [1.54, 1.807) is 11.3 Å². The van der Waals surface area contributed by atoms with Crippen molar-refractivity contribution in [3.8, 4) is 0 Å². The van der Waals surface area contributed by atoms with Gasteiger partial charge in [-0.2, -0.15) is 11.3 Å². The minimum Gasteiger partial charge on any atom is -0.271 e. The van der Waals surface area contributed by atoms with Gasteiger partial charge in [-0.3, -0.25) is 11.3 Å². The molecule has 18 heavy (non-hydrogen) atoms. The van der Waals surface area contributed by atoms with Crippen molar-refractivity contribution < 1.29 is 8.42 Å². The molecule has 1 aliphatic rings. The molecule has 1 aliphatic carbocycles. The van der Waals surface area contributed by atoms with Crippen LogP contribution in [-0.4, -0.2) is 19.9 Å². The fourth-order valence-corrected chi connectivity index (χ4v) is 4.72. The fraction of sp³-hybridized carbons (Fsp3) is 0.667. The molecule has 1 aromatic rings. The van der Waals surface area contributed by atoms with Crippen LogP contribution in [0.5, 0.6) is 0 Å². The van der Waals surface area contributed by atoms with Crippen LogP contribution < -0.4 is 11.3 Å². The topological polar surface area (TPSA) is 72.2 Å². The molecule has 0 saturated heterocycles. The van der Waals surface area contributed by atoms with E-state index in [2.05, 4.69) is 16.9 Å². The number of hydrogen-bond donors (Lipinski definition) is 2. The Bertz CT molecular complexity index is 470. The summed E-state index contributed by atoms with van der Waals surface area (Å²) in [6.45, 7) is 0. The second-order valence-electron chi connectivity index (χ2n) is 5.08. The van der Waals surface area contributed by atoms with Gasteiger partial charge in [0.1, 0.15) is 9.84 Å². The van der Waals surface area contributed by atoms with E-state index in [1.807, 2.05) is 5.38 Å². The van der Waals surface area contributed by atoms with Gasteiger partial charge in [0.15, 0.2) is 0 Å². The van der Waals surface area contributed by atoms with Gasteiger partial charge in [0.05, 0.1) is 5.25 Å². The van der Waals surface area contributed by atoms with E-state index in [0.717, 1.165) is 19.3 Å². The molecule has 1 saturated carbocycles. The predicted molar refractivity (Wildman–Crippen MR) is 75.0 cm³/mol. The number of hydrazine groups is 1. The highest BCUT2D eigenvalue weighted by atomic mass is 32.2. The Kier molecular flexibility index (Phi) is 4.42. The molecule has 3 N–H and O–H groups in total. The molecular weight excluding hydrogens is 268 g/mol. The van der Waals surface area contributed by atoms with E-state index < -0.39 is 9.84 Å². The van der Waals surface area contributed by atoms with Gasteiger partial charge < -0.3 is 0 Å². The summed E-state index contributed by atoms with van der Waals surface area (Å²) in [6.07, 6.45) is 4.84. The van der Waals surface area contributed by atoms with Crippen molar-refractivity contribution in [3.63, 3.8) is 0 Å². The zero-order chi connectivity index (χ0) is 13.2. The molecule has 3 atom stereocenters. The highest BCUT2D eigenvalue weighted by Crippen LogP contribution is 2.36. The van der Waals surface area contributed by atoms with Gasteiger partial charge in [0.2, 0.25) is 0 Å². The summed E-state index contributed by atoms with van der Waals surface area (Å²) in [5, 5.41) is 3.90. The van der Waals surface area contributed by atoms with Gasteiger partial charge in [-0.1, -0.05) is 6.42 Å². The number of thiophene rings is 1. The van der Waals surface area contributed by atoms with Crippen molar-refractivity contribution in [2.24, 2.45) is 11.8 Å². The summed E-state index contributed by atoms with van der Waals surface area (Å²) in [6, 6.07) is 2.12. The maximum absolute atomic E-state index is 11.7. The van der Waals surface area contributed by atoms with Crippen molar-refractivity contribution in [2.45, 2.75) is 37.0 Å². The van der Waals surface area contributed by atoms with E-state index in [-0.39, 0.29) is 11.3 Å². The van der Waals surface area contributed by atoms with Crippen molar-refractivity contribution in [3.05, 3.63) is 22.4 Å². The van der Waals surface area contributed by atoms with Crippen LogP contribution in [0.15, 0.2) is 16.8 Å². The standard InChI is InChI=1S/C12H20N2O2S2/c1-18(15,16)11-4-2-3-9(7-11)12(14-13)10-5-6-17-8-10/h5-6,8-9,11-12,14H,2-4,7,13H2,1H3. The van der Waals surface area contributed by atoms with E-state index >= 15 is 0 Å². The average molecular weight is 288 g/mol. The monoisotopic (exact) mass is 288 g/mol. The van der Waals surface area contributed by atoms with Crippen LogP contribution in [0.4, 0.5) is 0 Å². The largest absolute Gasteiger partial charge is 0.271 e. The first-order chi connectivity index (χ1) is 8.52. The molecule has 1 aromatic heterocycles. The van der Waals surface area contributed by atoms with Crippen LogP contribution in [0.25, 0.3) is 0 Å². The van der Waals surface area contributed by atoms with Crippen molar-refractivity contribution in [1.29, 1.82) is 0 Å². The summed E-state index contributed by atoms with van der Waals surface area (Å²) in [5.41, 5.74) is 4.03. The molecule has 4 nitrogen and oxygen atoms in total. The normalized spacial score (nSPS) is 27.0. The lowest BCUT2D eigenvalue weighted by Crippen LogP contribution is -2.38. The molecule has 0 amide bonds. The van der Waals surface area contributed by atoms with Crippen LogP contribution >= 0.6 is 11.3 Å². The third kappa shape index (κ3) is 3.12. The van der Waals surface area contributed by atoms with Gasteiger partial charge in [0.25, 0.3) is 0 Å². The van der Waals surface area contributed by atoms with Gasteiger partial charge in [0, 0.05) is 12.3 Å². The first kappa shape index (κ1) is 14.0. The molecule has 6 heteroatoms. The maximum Gasteiger partial charge on any atom is 0.150 e. The third-order valence-electron chi connectivity index (χ3n) is 3.83. The zero-order valence-electron chi connectivity index (χ0n) is 10.5. The van der Waals surface area contributed by atoms with Crippen molar-refractivity contribution in [2.75, 3.05) is 6.26 Å². The van der Waals surface area contributed by atoms with Crippen LogP contribution in [0.3, 0.4) is 0 Å². The smallest absolute Gasteiger partial charge is 0.150 e. The molecule has 1 fully saturated rings. The van der Waals surface area contributed by atoms with Gasteiger partial charge in [-0.15, -0.1) is 0 Å². The predicted octanol–water partition coefficient (Wildman–Crippen LogP) is 1.86. The van der Waals surface area contributed by atoms with Crippen LogP contribution in [0, 0.1) is 5.92 Å². The van der Waals surface area contributed by atoms with Crippen LogP contribution in [-0.2, 0) is 9.84 Å². The van der Waals surface area contributed by atoms with E-state index in [0.29, 0.717) is 12.3 Å². The molecule has 0 aromatic carbocycles. The first-order valence-corrected chi connectivity index (χ1v) is 9.09. The van der Waals surface area contributed by atoms with Crippen molar-refractivity contribution >= 4 is 21.2 Å². The molecule has 3 unspecified atom stereocenters. The van der Waals surface area contributed by atoms with E-state index in [1.165, 1.54) is 11.8 Å². The second kappa shape index (κ2) is 5.69. The van der Waals surface area contributed by atoms with Crippen LogP contribution in [0.2, 0.25) is 0 Å². The Morgan fingerprint density at radius 2 is 2.28 bits per heavy atom. The molecule has 0 aliphatic heterocycles. The van der Waals surface area contributed by atoms with Gasteiger partial charge in [-0.05, 0) is 47.6 Å². The van der Waals surface area contributed by atoms with Crippen LogP contribution in [0.1, 0.15) is 37.3 Å². The summed E-state index contributed by atoms with van der Waals surface area (Å²) >= 11 is 1.64. The summed E-state index contributed by atoms with van der Waals surface area (Å²) in [7, 11) is -2.94. The summed E-state index contributed by atoms with van der Waals surface area (Å²) in [4.78, 5) is 0. The minimum atomic E-state index is -2.94. The van der Waals surface area contributed by atoms with Gasteiger partial charge >= 0.3 is 0 Å². The first-order valence-electron chi connectivity index (χ1n) is 6.19. The highest BCUT2D eigenvalue weighted by Gasteiger charge is 2.33. The highest BCUT2D eigenvalue weighted by molar-refractivity contribution is 7.91. The molecule has 0 spiro atoms. The molecule has 1 heterocycles.